The van der Waals surface area contributed by atoms with E-state index in [1.54, 1.807) is 6.92 Å². The molecule has 0 saturated carbocycles. The highest BCUT2D eigenvalue weighted by molar-refractivity contribution is 7.88. The number of amides is 1. The van der Waals surface area contributed by atoms with E-state index in [9.17, 15) is 13.2 Å². The predicted molar refractivity (Wildman–Crippen MR) is 73.1 cm³/mol. The molecule has 0 aromatic carbocycles. The lowest BCUT2D eigenvalue weighted by molar-refractivity contribution is -0.126. The largest absolute Gasteiger partial charge is 0.393 e. The number of hydrogen-bond donors (Lipinski definition) is 2. The Hall–Kier alpha value is -0.660. The molecule has 1 atom stereocenters. The third-order valence-corrected chi connectivity index (χ3v) is 4.69. The van der Waals surface area contributed by atoms with E-state index in [0.717, 1.165) is 6.42 Å². The normalized spacial score (nSPS) is 20.2. The van der Waals surface area contributed by atoms with Gasteiger partial charge in [-0.25, -0.2) is 12.7 Å². The van der Waals surface area contributed by atoms with Crippen molar-refractivity contribution in [2.45, 2.75) is 38.7 Å². The third kappa shape index (κ3) is 5.88. The number of nitrogens with one attached hydrogen (secondary N) is 1. The summed E-state index contributed by atoms with van der Waals surface area (Å²) in [5, 5.41) is 11.9. The maximum atomic E-state index is 11.9. The van der Waals surface area contributed by atoms with Gasteiger partial charge in [0, 0.05) is 25.6 Å². The van der Waals surface area contributed by atoms with Gasteiger partial charge in [0.2, 0.25) is 15.9 Å². The van der Waals surface area contributed by atoms with Gasteiger partial charge in [0.15, 0.2) is 0 Å². The first-order valence-electron chi connectivity index (χ1n) is 6.71. The number of carbonyl (C=O) groups is 1. The molecule has 0 bridgehead atoms. The van der Waals surface area contributed by atoms with Crippen LogP contribution in [0, 0.1) is 5.92 Å². The molecule has 1 heterocycles. The molecule has 1 amide bonds. The summed E-state index contributed by atoms with van der Waals surface area (Å²) < 4.78 is 24.1. The SMILES string of the molecule is CC(O)CCCNC(=O)C1CCN(S(C)(=O)=O)CC1. The van der Waals surface area contributed by atoms with Crippen molar-refractivity contribution >= 4 is 15.9 Å². The average molecular weight is 292 g/mol. The molecule has 7 heteroatoms. The van der Waals surface area contributed by atoms with E-state index in [1.807, 2.05) is 0 Å². The molecule has 1 unspecified atom stereocenters. The third-order valence-electron chi connectivity index (χ3n) is 3.39. The highest BCUT2D eigenvalue weighted by Gasteiger charge is 2.28. The summed E-state index contributed by atoms with van der Waals surface area (Å²) >= 11 is 0. The Kier molecular flexibility index (Phi) is 6.22. The fourth-order valence-corrected chi connectivity index (χ4v) is 3.08. The van der Waals surface area contributed by atoms with Gasteiger partial charge in [0.25, 0.3) is 0 Å². The Bertz CT molecular complexity index is 387. The molecule has 0 aliphatic carbocycles. The number of aliphatic hydroxyl groups excluding tert-OH is 1. The van der Waals surface area contributed by atoms with Gasteiger partial charge in [-0.1, -0.05) is 0 Å². The molecular formula is C12H24N2O4S. The summed E-state index contributed by atoms with van der Waals surface area (Å²) in [6.45, 7) is 3.13. The van der Waals surface area contributed by atoms with Crippen molar-refractivity contribution in [1.29, 1.82) is 0 Å². The number of sulfonamides is 1. The first-order chi connectivity index (χ1) is 8.80. The molecule has 1 aliphatic heterocycles. The zero-order chi connectivity index (χ0) is 14.5. The number of piperidine rings is 1. The molecular weight excluding hydrogens is 268 g/mol. The lowest BCUT2D eigenvalue weighted by atomic mass is 9.97. The maximum Gasteiger partial charge on any atom is 0.223 e. The predicted octanol–water partition coefficient (Wildman–Crippen LogP) is -0.0648. The van der Waals surface area contributed by atoms with Crippen LogP contribution in [0.15, 0.2) is 0 Å². The summed E-state index contributed by atoms with van der Waals surface area (Å²) in [6.07, 6.45) is 3.45. The molecule has 112 valence electrons. The number of carbonyl (C=O) groups excluding carboxylic acids is 1. The molecule has 1 aliphatic rings. The van der Waals surface area contributed by atoms with Gasteiger partial charge in [-0.3, -0.25) is 4.79 Å². The Morgan fingerprint density at radius 2 is 2.00 bits per heavy atom. The second kappa shape index (κ2) is 7.21. The smallest absolute Gasteiger partial charge is 0.223 e. The van der Waals surface area contributed by atoms with Gasteiger partial charge in [0.05, 0.1) is 12.4 Å². The quantitative estimate of drug-likeness (QED) is 0.671. The van der Waals surface area contributed by atoms with Crippen molar-refractivity contribution in [1.82, 2.24) is 9.62 Å². The Balaban J connectivity index is 2.25. The Morgan fingerprint density at radius 1 is 1.42 bits per heavy atom. The van der Waals surface area contributed by atoms with Crippen LogP contribution in [0.5, 0.6) is 0 Å². The topological polar surface area (TPSA) is 86.7 Å². The van der Waals surface area contributed by atoms with Crippen LogP contribution in [0.4, 0.5) is 0 Å². The molecule has 1 saturated heterocycles. The van der Waals surface area contributed by atoms with Gasteiger partial charge in [-0.15, -0.1) is 0 Å². The van der Waals surface area contributed by atoms with Crippen LogP contribution < -0.4 is 5.32 Å². The second-order valence-electron chi connectivity index (χ2n) is 5.22. The van der Waals surface area contributed by atoms with Crippen molar-refractivity contribution in [2.24, 2.45) is 5.92 Å². The van der Waals surface area contributed by atoms with Crippen LogP contribution in [-0.2, 0) is 14.8 Å². The number of hydrogen-bond acceptors (Lipinski definition) is 4. The lowest BCUT2D eigenvalue weighted by Gasteiger charge is -2.29. The lowest BCUT2D eigenvalue weighted by Crippen LogP contribution is -2.42. The van der Waals surface area contributed by atoms with Gasteiger partial charge < -0.3 is 10.4 Å². The zero-order valence-corrected chi connectivity index (χ0v) is 12.4. The number of aliphatic hydroxyl groups is 1. The second-order valence-corrected chi connectivity index (χ2v) is 7.20. The van der Waals surface area contributed by atoms with E-state index in [1.165, 1.54) is 10.6 Å². The van der Waals surface area contributed by atoms with Crippen LogP contribution in [0.25, 0.3) is 0 Å². The van der Waals surface area contributed by atoms with Crippen molar-refractivity contribution in [3.63, 3.8) is 0 Å². The van der Waals surface area contributed by atoms with E-state index >= 15 is 0 Å². The van der Waals surface area contributed by atoms with E-state index < -0.39 is 10.0 Å². The first kappa shape index (κ1) is 16.4. The van der Waals surface area contributed by atoms with Crippen LogP contribution in [0.3, 0.4) is 0 Å². The van der Waals surface area contributed by atoms with E-state index in [4.69, 9.17) is 5.11 Å². The summed E-state index contributed by atoms with van der Waals surface area (Å²) in [5.74, 6) is -0.0942. The van der Waals surface area contributed by atoms with Crippen molar-refractivity contribution < 1.29 is 18.3 Å². The monoisotopic (exact) mass is 292 g/mol. The molecule has 0 aromatic heterocycles. The van der Waals surface area contributed by atoms with Crippen LogP contribution in [0.1, 0.15) is 32.6 Å². The van der Waals surface area contributed by atoms with Gasteiger partial charge in [0.1, 0.15) is 0 Å². The number of rotatable bonds is 6. The van der Waals surface area contributed by atoms with Gasteiger partial charge in [-0.05, 0) is 32.6 Å². The molecule has 19 heavy (non-hydrogen) atoms. The van der Waals surface area contributed by atoms with Crippen molar-refractivity contribution in [2.75, 3.05) is 25.9 Å². The Labute approximate surface area is 115 Å². The fourth-order valence-electron chi connectivity index (χ4n) is 2.20. The minimum absolute atomic E-state index is 0.00116. The fraction of sp³-hybridized carbons (Fsp3) is 0.917. The first-order valence-corrected chi connectivity index (χ1v) is 8.56. The molecule has 0 radical (unpaired) electrons. The molecule has 0 spiro atoms. The Morgan fingerprint density at radius 3 is 2.47 bits per heavy atom. The number of nitrogens with zero attached hydrogens (tertiary/aromatic N) is 1. The average Bonchev–Trinajstić information content (AvgIpc) is 2.33. The minimum Gasteiger partial charge on any atom is -0.393 e. The molecule has 1 fully saturated rings. The van der Waals surface area contributed by atoms with Gasteiger partial charge >= 0.3 is 0 Å². The van der Waals surface area contributed by atoms with Crippen LogP contribution in [0.2, 0.25) is 0 Å². The summed E-state index contributed by atoms with van der Waals surface area (Å²) in [7, 11) is -3.13. The van der Waals surface area contributed by atoms with Crippen LogP contribution >= 0.6 is 0 Å². The molecule has 0 aromatic rings. The van der Waals surface area contributed by atoms with Crippen molar-refractivity contribution in [3.8, 4) is 0 Å². The van der Waals surface area contributed by atoms with Gasteiger partial charge in [-0.2, -0.15) is 0 Å². The van der Waals surface area contributed by atoms with Crippen molar-refractivity contribution in [3.05, 3.63) is 0 Å². The summed E-state index contributed by atoms with van der Waals surface area (Å²) in [6, 6.07) is 0. The molecule has 2 N–H and O–H groups in total. The highest BCUT2D eigenvalue weighted by Crippen LogP contribution is 2.19. The molecule has 1 rings (SSSR count). The maximum absolute atomic E-state index is 11.9. The van der Waals surface area contributed by atoms with Crippen LogP contribution in [-0.4, -0.2) is 55.7 Å². The van der Waals surface area contributed by atoms with E-state index in [-0.39, 0.29) is 17.9 Å². The zero-order valence-electron chi connectivity index (χ0n) is 11.6. The standard InChI is InChI=1S/C12H24N2O4S/c1-10(15)4-3-7-13-12(16)11-5-8-14(9-6-11)19(2,17)18/h10-11,15H,3-9H2,1-2H3,(H,13,16). The minimum atomic E-state index is -3.13. The molecule has 6 nitrogen and oxygen atoms in total. The summed E-state index contributed by atoms with van der Waals surface area (Å²) in [4.78, 5) is 11.9. The van der Waals surface area contributed by atoms with E-state index in [0.29, 0.717) is 38.9 Å². The van der Waals surface area contributed by atoms with E-state index in [2.05, 4.69) is 5.32 Å². The summed E-state index contributed by atoms with van der Waals surface area (Å²) in [5.41, 5.74) is 0. The highest BCUT2D eigenvalue weighted by atomic mass is 32.2.